The zero-order valence-corrected chi connectivity index (χ0v) is 15.0. The van der Waals surface area contributed by atoms with Gasteiger partial charge in [0.25, 0.3) is 11.8 Å². The van der Waals surface area contributed by atoms with Crippen LogP contribution in [-0.2, 0) is 11.0 Å². The Balaban J connectivity index is 1.59. The number of halogens is 3. The van der Waals surface area contributed by atoms with E-state index in [9.17, 15) is 22.8 Å². The monoisotopic (exact) mass is 399 g/mol. The maximum atomic E-state index is 12.9. The van der Waals surface area contributed by atoms with Crippen LogP contribution in [0.5, 0.6) is 0 Å². The highest BCUT2D eigenvalue weighted by Crippen LogP contribution is 2.31. The Morgan fingerprint density at radius 1 is 0.931 bits per heavy atom. The van der Waals surface area contributed by atoms with E-state index in [4.69, 9.17) is 0 Å². The van der Waals surface area contributed by atoms with Crippen molar-refractivity contribution in [3.05, 3.63) is 83.4 Å². The van der Waals surface area contributed by atoms with E-state index in [2.05, 4.69) is 15.8 Å². The predicted molar refractivity (Wildman–Crippen MR) is 103 cm³/mol. The lowest BCUT2D eigenvalue weighted by Crippen LogP contribution is -2.35. The molecule has 3 rings (SSSR count). The molecule has 3 aromatic carbocycles. The maximum absolute atomic E-state index is 12.9. The van der Waals surface area contributed by atoms with Crippen molar-refractivity contribution in [2.75, 3.05) is 6.54 Å². The van der Waals surface area contributed by atoms with Gasteiger partial charge in [-0.05, 0) is 22.9 Å². The highest BCUT2D eigenvalue weighted by atomic mass is 19.4. The molecule has 0 aromatic heterocycles. The minimum atomic E-state index is -4.53. The molecule has 8 heteroatoms. The zero-order valence-electron chi connectivity index (χ0n) is 15.0. The summed E-state index contributed by atoms with van der Waals surface area (Å²) in [6.45, 7) is -0.375. The van der Waals surface area contributed by atoms with Gasteiger partial charge in [-0.25, -0.2) is 5.43 Å². The molecule has 0 unspecified atom stereocenters. The number of nitrogens with one attached hydrogen (secondary N) is 2. The van der Waals surface area contributed by atoms with Crippen LogP contribution in [0.4, 0.5) is 13.2 Å². The van der Waals surface area contributed by atoms with Gasteiger partial charge in [-0.3, -0.25) is 9.59 Å². The Labute approximate surface area is 164 Å². The van der Waals surface area contributed by atoms with E-state index in [1.807, 2.05) is 18.2 Å². The second-order valence-corrected chi connectivity index (χ2v) is 6.09. The Morgan fingerprint density at radius 3 is 2.41 bits per heavy atom. The first-order valence-electron chi connectivity index (χ1n) is 8.60. The fourth-order valence-corrected chi connectivity index (χ4v) is 2.76. The molecule has 0 atom stereocenters. The molecule has 2 amide bonds. The average molecular weight is 399 g/mol. The van der Waals surface area contributed by atoms with Crippen LogP contribution in [-0.4, -0.2) is 24.6 Å². The number of hydrazone groups is 1. The van der Waals surface area contributed by atoms with E-state index in [1.165, 1.54) is 18.2 Å². The number of hydrogen-bond donors (Lipinski definition) is 2. The van der Waals surface area contributed by atoms with Gasteiger partial charge >= 0.3 is 6.18 Å². The van der Waals surface area contributed by atoms with Gasteiger partial charge in [0, 0.05) is 11.1 Å². The van der Waals surface area contributed by atoms with E-state index in [0.29, 0.717) is 5.56 Å². The number of carbonyl (C=O) groups is 2. The maximum Gasteiger partial charge on any atom is 0.417 e. The standard InChI is InChI=1S/C21H16F3N3O2/c22-21(23,24)18-11-4-2-7-15(18)12-26-27-19(28)13-25-20(29)17-10-5-8-14-6-1-3-9-16(14)17/h1-12H,13H2,(H,25,29)(H,27,28)/b26-12-. The van der Waals surface area contributed by atoms with E-state index in [-0.39, 0.29) is 12.1 Å². The van der Waals surface area contributed by atoms with Gasteiger partial charge in [-0.2, -0.15) is 18.3 Å². The van der Waals surface area contributed by atoms with Gasteiger partial charge in [0.2, 0.25) is 0 Å². The molecule has 0 saturated heterocycles. The van der Waals surface area contributed by atoms with Crippen molar-refractivity contribution < 1.29 is 22.8 Å². The number of hydrogen-bond acceptors (Lipinski definition) is 3. The third-order valence-electron chi connectivity index (χ3n) is 4.10. The summed E-state index contributed by atoms with van der Waals surface area (Å²) in [5.74, 6) is -1.11. The number of fused-ring (bicyclic) bond motifs is 1. The Bertz CT molecular complexity index is 1070. The van der Waals surface area contributed by atoms with Gasteiger partial charge in [-0.15, -0.1) is 0 Å². The summed E-state index contributed by atoms with van der Waals surface area (Å²) in [6, 6.07) is 17.4. The van der Waals surface area contributed by atoms with Gasteiger partial charge in [0.15, 0.2) is 0 Å². The molecule has 0 heterocycles. The van der Waals surface area contributed by atoms with Crippen LogP contribution in [0.3, 0.4) is 0 Å². The predicted octanol–water partition coefficient (Wildman–Crippen LogP) is 3.74. The van der Waals surface area contributed by atoms with Crippen LogP contribution >= 0.6 is 0 Å². The van der Waals surface area contributed by atoms with Gasteiger partial charge in [-0.1, -0.05) is 54.6 Å². The molecule has 0 radical (unpaired) electrons. The van der Waals surface area contributed by atoms with Crippen LogP contribution in [0.1, 0.15) is 21.5 Å². The van der Waals surface area contributed by atoms with Crippen molar-refractivity contribution in [3.8, 4) is 0 Å². The molecule has 0 spiro atoms. The molecule has 29 heavy (non-hydrogen) atoms. The third kappa shape index (κ3) is 4.98. The van der Waals surface area contributed by atoms with Crippen LogP contribution in [0, 0.1) is 0 Å². The highest BCUT2D eigenvalue weighted by Gasteiger charge is 2.32. The van der Waals surface area contributed by atoms with Crippen molar-refractivity contribution in [1.29, 1.82) is 0 Å². The lowest BCUT2D eigenvalue weighted by molar-refractivity contribution is -0.137. The minimum Gasteiger partial charge on any atom is -0.343 e. The van der Waals surface area contributed by atoms with Crippen LogP contribution in [0.2, 0.25) is 0 Å². The first-order chi connectivity index (χ1) is 13.9. The Morgan fingerprint density at radius 2 is 1.62 bits per heavy atom. The summed E-state index contributed by atoms with van der Waals surface area (Å²) in [7, 11) is 0. The van der Waals surface area contributed by atoms with Crippen LogP contribution in [0.25, 0.3) is 10.8 Å². The molecular weight excluding hydrogens is 383 g/mol. The summed E-state index contributed by atoms with van der Waals surface area (Å²) in [6.07, 6.45) is -3.62. The number of carbonyl (C=O) groups excluding carboxylic acids is 2. The molecule has 0 bridgehead atoms. The number of alkyl halides is 3. The summed E-state index contributed by atoms with van der Waals surface area (Å²) >= 11 is 0. The fourth-order valence-electron chi connectivity index (χ4n) is 2.76. The summed E-state index contributed by atoms with van der Waals surface area (Å²) in [4.78, 5) is 24.2. The molecule has 2 N–H and O–H groups in total. The topological polar surface area (TPSA) is 70.6 Å². The molecule has 0 fully saturated rings. The quantitative estimate of drug-likeness (QED) is 0.507. The first-order valence-corrected chi connectivity index (χ1v) is 8.60. The zero-order chi connectivity index (χ0) is 20.9. The van der Waals surface area contributed by atoms with Gasteiger partial charge in [0.1, 0.15) is 0 Å². The van der Waals surface area contributed by atoms with Crippen LogP contribution in [0.15, 0.2) is 71.8 Å². The first kappa shape index (κ1) is 20.1. The van der Waals surface area contributed by atoms with Gasteiger partial charge < -0.3 is 5.32 Å². The SMILES string of the molecule is O=C(CNC(=O)c1cccc2ccccc12)N/N=C\c1ccccc1C(F)(F)F. The molecule has 0 aliphatic rings. The number of nitrogens with zero attached hydrogens (tertiary/aromatic N) is 1. The lowest BCUT2D eigenvalue weighted by Gasteiger charge is -2.09. The summed E-state index contributed by atoms with van der Waals surface area (Å²) < 4.78 is 38.8. The van der Waals surface area contributed by atoms with Gasteiger partial charge in [0.05, 0.1) is 18.3 Å². The molecule has 0 aliphatic carbocycles. The summed E-state index contributed by atoms with van der Waals surface area (Å²) in [5.41, 5.74) is 1.48. The molecular formula is C21H16F3N3O2. The molecule has 3 aromatic rings. The fraction of sp³-hybridized carbons (Fsp3) is 0.0952. The van der Waals surface area contributed by atoms with E-state index in [1.54, 1.807) is 24.3 Å². The number of benzene rings is 3. The van der Waals surface area contributed by atoms with Crippen molar-refractivity contribution in [3.63, 3.8) is 0 Å². The van der Waals surface area contributed by atoms with E-state index in [0.717, 1.165) is 23.1 Å². The lowest BCUT2D eigenvalue weighted by atomic mass is 10.0. The molecule has 0 saturated carbocycles. The van der Waals surface area contributed by atoms with Crippen molar-refractivity contribution in [2.24, 2.45) is 5.10 Å². The third-order valence-corrected chi connectivity index (χ3v) is 4.10. The van der Waals surface area contributed by atoms with Crippen molar-refractivity contribution in [2.45, 2.75) is 6.18 Å². The molecule has 148 valence electrons. The number of rotatable bonds is 5. The Hall–Kier alpha value is -3.68. The molecule has 0 aliphatic heterocycles. The molecule has 5 nitrogen and oxygen atoms in total. The largest absolute Gasteiger partial charge is 0.417 e. The Kier molecular flexibility index (Phi) is 5.92. The van der Waals surface area contributed by atoms with Crippen molar-refractivity contribution in [1.82, 2.24) is 10.7 Å². The van der Waals surface area contributed by atoms with E-state index >= 15 is 0 Å². The second kappa shape index (κ2) is 8.55. The summed E-state index contributed by atoms with van der Waals surface area (Å²) in [5, 5.41) is 7.64. The minimum absolute atomic E-state index is 0.180. The van der Waals surface area contributed by atoms with Crippen LogP contribution < -0.4 is 10.7 Å². The normalized spacial score (nSPS) is 11.6. The second-order valence-electron chi connectivity index (χ2n) is 6.09. The van der Waals surface area contributed by atoms with E-state index < -0.39 is 23.6 Å². The number of amides is 2. The smallest absolute Gasteiger partial charge is 0.343 e. The average Bonchev–Trinajstić information content (AvgIpc) is 2.71. The highest BCUT2D eigenvalue weighted by molar-refractivity contribution is 6.07. The van der Waals surface area contributed by atoms with Crippen molar-refractivity contribution >= 4 is 28.8 Å².